The van der Waals surface area contributed by atoms with Crippen LogP contribution in [0.5, 0.6) is 0 Å². The normalized spacial score (nSPS) is 10.1. The molecule has 3 N–H and O–H groups in total. The van der Waals surface area contributed by atoms with Crippen molar-refractivity contribution in [1.29, 1.82) is 0 Å². The van der Waals surface area contributed by atoms with Crippen molar-refractivity contribution in [2.24, 2.45) is 5.73 Å². The van der Waals surface area contributed by atoms with Crippen molar-refractivity contribution in [3.8, 4) is 0 Å². The third-order valence-electron chi connectivity index (χ3n) is 1.85. The van der Waals surface area contributed by atoms with Crippen molar-refractivity contribution in [2.45, 2.75) is 13.0 Å². The quantitative estimate of drug-likeness (QED) is 0.876. The van der Waals surface area contributed by atoms with E-state index < -0.39 is 0 Å². The Balaban J connectivity index is 2.51. The van der Waals surface area contributed by atoms with Crippen LogP contribution in [-0.4, -0.2) is 12.5 Å². The second kappa shape index (κ2) is 5.82. The smallest absolute Gasteiger partial charge is 0.221 e. The van der Waals surface area contributed by atoms with Crippen LogP contribution in [0.1, 0.15) is 12.0 Å². The van der Waals surface area contributed by atoms with Gasteiger partial charge in [0.15, 0.2) is 0 Å². The summed E-state index contributed by atoms with van der Waals surface area (Å²) < 4.78 is 13.5. The minimum absolute atomic E-state index is 0.124. The van der Waals surface area contributed by atoms with E-state index in [1.807, 2.05) is 0 Å². The van der Waals surface area contributed by atoms with E-state index in [9.17, 15) is 9.18 Å². The van der Waals surface area contributed by atoms with Crippen LogP contribution in [0.2, 0.25) is 0 Å². The maximum atomic E-state index is 13.1. The molecular formula is C10H12BrFN2O. The van der Waals surface area contributed by atoms with Gasteiger partial charge in [0.25, 0.3) is 0 Å². The van der Waals surface area contributed by atoms with Gasteiger partial charge in [-0.25, -0.2) is 4.39 Å². The van der Waals surface area contributed by atoms with Crippen molar-refractivity contribution < 1.29 is 9.18 Å². The van der Waals surface area contributed by atoms with Crippen LogP contribution in [-0.2, 0) is 11.3 Å². The lowest BCUT2D eigenvalue weighted by atomic mass is 10.2. The Kier molecular flexibility index (Phi) is 4.71. The maximum absolute atomic E-state index is 13.1. The van der Waals surface area contributed by atoms with Crippen molar-refractivity contribution in [1.82, 2.24) is 5.32 Å². The fraction of sp³-hybridized carbons (Fsp3) is 0.300. The molecule has 0 fully saturated rings. The monoisotopic (exact) mass is 274 g/mol. The zero-order valence-electron chi connectivity index (χ0n) is 8.09. The molecule has 0 aliphatic heterocycles. The van der Waals surface area contributed by atoms with E-state index in [1.165, 1.54) is 6.07 Å². The van der Waals surface area contributed by atoms with Gasteiger partial charge >= 0.3 is 0 Å². The first-order valence-corrected chi connectivity index (χ1v) is 5.33. The summed E-state index contributed by atoms with van der Waals surface area (Å²) in [6.07, 6.45) is 0.291. The Morgan fingerprint density at radius 1 is 1.53 bits per heavy atom. The first-order chi connectivity index (χ1) is 7.13. The molecule has 0 aliphatic rings. The summed E-state index contributed by atoms with van der Waals surface area (Å²) in [5, 5.41) is 2.65. The molecule has 0 saturated carbocycles. The third kappa shape index (κ3) is 3.97. The van der Waals surface area contributed by atoms with Gasteiger partial charge in [-0.05, 0) is 33.6 Å². The number of nitrogens with one attached hydrogen (secondary N) is 1. The lowest BCUT2D eigenvalue weighted by Gasteiger charge is -2.05. The van der Waals surface area contributed by atoms with Gasteiger partial charge < -0.3 is 11.1 Å². The van der Waals surface area contributed by atoms with Crippen LogP contribution in [0.25, 0.3) is 0 Å². The molecule has 82 valence electrons. The van der Waals surface area contributed by atoms with Crippen LogP contribution < -0.4 is 11.1 Å². The van der Waals surface area contributed by atoms with E-state index in [0.717, 1.165) is 5.56 Å². The number of amides is 1. The predicted octanol–water partition coefficient (Wildman–Crippen LogP) is 1.55. The molecule has 1 amide bonds. The van der Waals surface area contributed by atoms with E-state index >= 15 is 0 Å². The minimum atomic E-state index is -0.333. The number of hydrogen-bond acceptors (Lipinski definition) is 2. The zero-order chi connectivity index (χ0) is 11.3. The van der Waals surface area contributed by atoms with Gasteiger partial charge in [-0.15, -0.1) is 0 Å². The molecule has 0 aromatic heterocycles. The average Bonchev–Trinajstić information content (AvgIpc) is 2.20. The predicted molar refractivity (Wildman–Crippen MR) is 59.6 cm³/mol. The zero-order valence-corrected chi connectivity index (χ0v) is 9.68. The first-order valence-electron chi connectivity index (χ1n) is 4.54. The Bertz CT molecular complexity index is 357. The molecule has 1 aromatic carbocycles. The fourth-order valence-corrected chi connectivity index (χ4v) is 1.32. The number of carbonyl (C=O) groups excluding carboxylic acids is 1. The molecule has 0 saturated heterocycles. The molecule has 3 nitrogen and oxygen atoms in total. The van der Waals surface area contributed by atoms with Gasteiger partial charge in [0.2, 0.25) is 5.91 Å². The van der Waals surface area contributed by atoms with E-state index in [1.54, 1.807) is 12.1 Å². The van der Waals surface area contributed by atoms with Crippen LogP contribution in [0.4, 0.5) is 4.39 Å². The summed E-state index contributed by atoms with van der Waals surface area (Å²) in [5.41, 5.74) is 5.94. The molecule has 0 atom stereocenters. The number of hydrogen-bond donors (Lipinski definition) is 2. The van der Waals surface area contributed by atoms with E-state index in [0.29, 0.717) is 24.0 Å². The maximum Gasteiger partial charge on any atom is 0.221 e. The second-order valence-electron chi connectivity index (χ2n) is 3.06. The molecule has 1 aromatic rings. The summed E-state index contributed by atoms with van der Waals surface area (Å²) >= 11 is 3.06. The number of nitrogens with two attached hydrogens (primary N) is 1. The molecule has 0 bridgehead atoms. The molecule has 0 heterocycles. The molecule has 0 radical (unpaired) electrons. The standard InChI is InChI=1S/C10H12BrFN2O/c11-8-2-1-7(5-9(8)12)6-14-10(15)3-4-13/h1-2,5H,3-4,6,13H2,(H,14,15). The lowest BCUT2D eigenvalue weighted by Crippen LogP contribution is -2.25. The number of carbonyl (C=O) groups is 1. The molecule has 5 heteroatoms. The summed E-state index contributed by atoms with van der Waals surface area (Å²) in [7, 11) is 0. The number of halogens is 2. The molecule has 15 heavy (non-hydrogen) atoms. The van der Waals surface area contributed by atoms with E-state index in [-0.39, 0.29) is 11.7 Å². The molecule has 0 unspecified atom stereocenters. The van der Waals surface area contributed by atoms with Crippen LogP contribution in [0.15, 0.2) is 22.7 Å². The summed E-state index contributed by atoms with van der Waals surface area (Å²) in [4.78, 5) is 11.1. The van der Waals surface area contributed by atoms with Gasteiger partial charge in [0.05, 0.1) is 4.47 Å². The topological polar surface area (TPSA) is 55.1 Å². The summed E-state index contributed by atoms with van der Waals surface area (Å²) in [6.45, 7) is 0.642. The Morgan fingerprint density at radius 2 is 2.27 bits per heavy atom. The summed E-state index contributed by atoms with van der Waals surface area (Å²) in [6, 6.07) is 4.74. The van der Waals surface area contributed by atoms with Crippen molar-refractivity contribution >= 4 is 21.8 Å². The second-order valence-corrected chi connectivity index (χ2v) is 3.92. The first kappa shape index (κ1) is 12.1. The van der Waals surface area contributed by atoms with Crippen LogP contribution in [0.3, 0.4) is 0 Å². The SMILES string of the molecule is NCCC(=O)NCc1ccc(Br)c(F)c1. The Morgan fingerprint density at radius 3 is 2.87 bits per heavy atom. The van der Waals surface area contributed by atoms with Gasteiger partial charge in [-0.2, -0.15) is 0 Å². The highest BCUT2D eigenvalue weighted by atomic mass is 79.9. The Labute approximate surface area is 96.0 Å². The highest BCUT2D eigenvalue weighted by Gasteiger charge is 2.02. The highest BCUT2D eigenvalue weighted by Crippen LogP contribution is 2.16. The van der Waals surface area contributed by atoms with Crippen LogP contribution in [0, 0.1) is 5.82 Å². The molecular weight excluding hydrogens is 263 g/mol. The third-order valence-corrected chi connectivity index (χ3v) is 2.49. The van der Waals surface area contributed by atoms with Gasteiger partial charge in [0.1, 0.15) is 5.82 Å². The van der Waals surface area contributed by atoms with Gasteiger partial charge in [-0.1, -0.05) is 6.07 Å². The minimum Gasteiger partial charge on any atom is -0.352 e. The Hall–Kier alpha value is -0.940. The summed E-state index contributed by atoms with van der Waals surface area (Å²) in [5.74, 6) is -0.457. The average molecular weight is 275 g/mol. The van der Waals surface area contributed by atoms with Crippen molar-refractivity contribution in [3.05, 3.63) is 34.1 Å². The largest absolute Gasteiger partial charge is 0.352 e. The van der Waals surface area contributed by atoms with Crippen LogP contribution >= 0.6 is 15.9 Å². The molecule has 1 rings (SSSR count). The van der Waals surface area contributed by atoms with E-state index in [2.05, 4.69) is 21.2 Å². The lowest BCUT2D eigenvalue weighted by molar-refractivity contribution is -0.121. The highest BCUT2D eigenvalue weighted by molar-refractivity contribution is 9.10. The van der Waals surface area contributed by atoms with Gasteiger partial charge in [0, 0.05) is 19.5 Å². The van der Waals surface area contributed by atoms with E-state index in [4.69, 9.17) is 5.73 Å². The number of benzene rings is 1. The van der Waals surface area contributed by atoms with Gasteiger partial charge in [-0.3, -0.25) is 4.79 Å². The number of rotatable bonds is 4. The molecule has 0 aliphatic carbocycles. The van der Waals surface area contributed by atoms with Crippen molar-refractivity contribution in [2.75, 3.05) is 6.54 Å². The van der Waals surface area contributed by atoms with Crippen molar-refractivity contribution in [3.63, 3.8) is 0 Å². The molecule has 0 spiro atoms. The fourth-order valence-electron chi connectivity index (χ4n) is 1.07.